The van der Waals surface area contributed by atoms with Gasteiger partial charge in [0.15, 0.2) is 0 Å². The zero-order valence-electron chi connectivity index (χ0n) is 23.0. The molecule has 3 unspecified atom stereocenters. The number of unbranched alkanes of at least 4 members (excludes halogenated alkanes) is 2. The third kappa shape index (κ3) is 4.70. The summed E-state index contributed by atoms with van der Waals surface area (Å²) in [6.45, 7) is 13.1. The van der Waals surface area contributed by atoms with Crippen molar-refractivity contribution in [2.75, 3.05) is 24.7 Å². The van der Waals surface area contributed by atoms with Crippen LogP contribution < -0.4 is 4.90 Å². The van der Waals surface area contributed by atoms with Gasteiger partial charge in [-0.2, -0.15) is 0 Å². The predicted octanol–water partition coefficient (Wildman–Crippen LogP) is 4.15. The van der Waals surface area contributed by atoms with Gasteiger partial charge in [-0.15, -0.1) is 13.2 Å². The SMILES string of the molecule is C=CCCCCOC(=O)[C@H]1[C@H]2C(=O)N([C@H](C)CO)C(C(=O)N(CC=C)c3ccccc3Cl)C23CC(C)[C@]1(C)O3. The summed E-state index contributed by atoms with van der Waals surface area (Å²) in [5.74, 6) is -3.15. The van der Waals surface area contributed by atoms with E-state index in [2.05, 4.69) is 13.2 Å². The number of likely N-dealkylation sites (tertiary alicyclic amines) is 1. The summed E-state index contributed by atoms with van der Waals surface area (Å²) < 4.78 is 12.4. The number of hydrogen-bond acceptors (Lipinski definition) is 6. The standard InChI is InChI=1S/C30H39ClN2O6/c1-6-8-9-12-16-38-28(37)24-23-26(35)33(20(4)18-34)25(30(23)17-19(3)29(24,5)39-30)27(36)32(15-7-2)22-14-11-10-13-21(22)31/h6-7,10-11,13-14,19-20,23-25,34H,1-2,8-9,12,15-18H2,3-5H3/t19?,20-,23+,24-,25?,29+,30?/m1/s1. The van der Waals surface area contributed by atoms with Crippen molar-refractivity contribution in [2.45, 2.75) is 69.7 Å². The van der Waals surface area contributed by atoms with Crippen LogP contribution in [0.5, 0.6) is 0 Å². The average molecular weight is 559 g/mol. The number of halogens is 1. The van der Waals surface area contributed by atoms with E-state index in [9.17, 15) is 19.5 Å². The van der Waals surface area contributed by atoms with Crippen molar-refractivity contribution < 1.29 is 29.0 Å². The Morgan fingerprint density at radius 3 is 2.67 bits per heavy atom. The summed E-state index contributed by atoms with van der Waals surface area (Å²) in [7, 11) is 0. The van der Waals surface area contributed by atoms with Gasteiger partial charge in [0.1, 0.15) is 17.6 Å². The number of esters is 1. The van der Waals surface area contributed by atoms with Gasteiger partial charge in [-0.1, -0.05) is 42.8 Å². The molecule has 9 heteroatoms. The molecule has 0 aliphatic carbocycles. The summed E-state index contributed by atoms with van der Waals surface area (Å²) >= 11 is 6.49. The molecular weight excluding hydrogens is 520 g/mol. The molecule has 3 fully saturated rings. The normalized spacial score (nSPS) is 31.6. The number of hydrogen-bond donors (Lipinski definition) is 1. The third-order valence-corrected chi connectivity index (χ3v) is 9.07. The Labute approximate surface area is 235 Å². The molecule has 1 aromatic rings. The van der Waals surface area contributed by atoms with Crippen LogP contribution in [0.2, 0.25) is 5.02 Å². The molecule has 7 atom stereocenters. The number of fused-ring (bicyclic) bond motifs is 1. The second kappa shape index (κ2) is 11.4. The van der Waals surface area contributed by atoms with E-state index in [0.717, 1.165) is 12.8 Å². The number of aliphatic hydroxyl groups excluding tert-OH is 1. The number of aliphatic hydroxyl groups is 1. The molecule has 0 radical (unpaired) electrons. The Bertz CT molecular complexity index is 1140. The van der Waals surface area contributed by atoms with E-state index in [4.69, 9.17) is 21.1 Å². The summed E-state index contributed by atoms with van der Waals surface area (Å²) in [6, 6.07) is 5.23. The van der Waals surface area contributed by atoms with Gasteiger partial charge in [0.2, 0.25) is 5.91 Å². The number of ether oxygens (including phenoxy) is 2. The first-order chi connectivity index (χ1) is 18.6. The summed E-state index contributed by atoms with van der Waals surface area (Å²) in [4.78, 5) is 45.1. The number of rotatable bonds is 12. The van der Waals surface area contributed by atoms with E-state index in [1.807, 2.05) is 19.9 Å². The summed E-state index contributed by atoms with van der Waals surface area (Å²) in [6.07, 6.45) is 6.19. The number of carbonyl (C=O) groups excluding carboxylic acids is 3. The molecule has 3 saturated heterocycles. The first-order valence-electron chi connectivity index (χ1n) is 13.7. The van der Waals surface area contributed by atoms with Gasteiger partial charge in [0.25, 0.3) is 5.91 Å². The smallest absolute Gasteiger partial charge is 0.312 e. The minimum Gasteiger partial charge on any atom is -0.465 e. The lowest BCUT2D eigenvalue weighted by molar-refractivity contribution is -0.162. The van der Waals surface area contributed by atoms with Crippen molar-refractivity contribution in [1.29, 1.82) is 0 Å². The molecule has 8 nitrogen and oxygen atoms in total. The number of amides is 2. The van der Waals surface area contributed by atoms with Gasteiger partial charge in [0, 0.05) is 6.54 Å². The highest BCUT2D eigenvalue weighted by molar-refractivity contribution is 6.34. The van der Waals surface area contributed by atoms with Crippen molar-refractivity contribution in [3.63, 3.8) is 0 Å². The van der Waals surface area contributed by atoms with Crippen LogP contribution in [0.3, 0.4) is 0 Å². The highest BCUT2D eigenvalue weighted by Gasteiger charge is 2.80. The topological polar surface area (TPSA) is 96.4 Å². The average Bonchev–Trinajstić information content (AvgIpc) is 3.43. The number of allylic oxidation sites excluding steroid dienone is 1. The lowest BCUT2D eigenvalue weighted by Gasteiger charge is -2.38. The minimum atomic E-state index is -1.25. The van der Waals surface area contributed by atoms with E-state index in [1.54, 1.807) is 37.3 Å². The lowest BCUT2D eigenvalue weighted by atomic mass is 9.62. The first-order valence-corrected chi connectivity index (χ1v) is 14.0. The molecule has 212 valence electrons. The first kappa shape index (κ1) is 29.3. The van der Waals surface area contributed by atoms with Gasteiger partial charge in [-0.3, -0.25) is 14.4 Å². The van der Waals surface area contributed by atoms with Crippen LogP contribution in [-0.2, 0) is 23.9 Å². The maximum atomic E-state index is 14.5. The van der Waals surface area contributed by atoms with Crippen LogP contribution in [0, 0.1) is 17.8 Å². The van der Waals surface area contributed by atoms with Crippen LogP contribution in [0.1, 0.15) is 46.5 Å². The van der Waals surface area contributed by atoms with Crippen LogP contribution in [-0.4, -0.2) is 70.8 Å². The Morgan fingerprint density at radius 2 is 2.03 bits per heavy atom. The van der Waals surface area contributed by atoms with E-state index in [1.165, 1.54) is 9.80 Å². The van der Waals surface area contributed by atoms with E-state index in [0.29, 0.717) is 23.6 Å². The molecule has 0 aromatic heterocycles. The number of para-hydroxylation sites is 1. The van der Waals surface area contributed by atoms with E-state index in [-0.39, 0.29) is 31.6 Å². The fourth-order valence-electron chi connectivity index (χ4n) is 6.78. The van der Waals surface area contributed by atoms with Crippen molar-refractivity contribution in [3.05, 3.63) is 54.6 Å². The minimum absolute atomic E-state index is 0.118. The van der Waals surface area contributed by atoms with Crippen molar-refractivity contribution in [2.24, 2.45) is 17.8 Å². The van der Waals surface area contributed by atoms with Gasteiger partial charge < -0.3 is 24.4 Å². The zero-order chi connectivity index (χ0) is 28.5. The maximum absolute atomic E-state index is 14.5. The molecule has 2 amide bonds. The van der Waals surface area contributed by atoms with Crippen LogP contribution in [0.15, 0.2) is 49.6 Å². The van der Waals surface area contributed by atoms with E-state index < -0.39 is 47.0 Å². The lowest BCUT2D eigenvalue weighted by Crippen LogP contribution is -2.58. The molecule has 3 aliphatic rings. The molecule has 3 aliphatic heterocycles. The second-order valence-electron chi connectivity index (χ2n) is 11.1. The van der Waals surface area contributed by atoms with Crippen LogP contribution >= 0.6 is 11.6 Å². The van der Waals surface area contributed by atoms with Crippen molar-refractivity contribution in [3.8, 4) is 0 Å². The molecule has 1 aromatic carbocycles. The van der Waals surface area contributed by atoms with Gasteiger partial charge in [-0.05, 0) is 57.6 Å². The molecule has 1 spiro atoms. The Kier molecular flexibility index (Phi) is 8.59. The number of anilines is 1. The summed E-state index contributed by atoms with van der Waals surface area (Å²) in [5.41, 5.74) is -1.74. The van der Waals surface area contributed by atoms with Crippen LogP contribution in [0.25, 0.3) is 0 Å². The van der Waals surface area contributed by atoms with Crippen molar-refractivity contribution >= 4 is 35.1 Å². The molecule has 0 saturated carbocycles. The van der Waals surface area contributed by atoms with Crippen molar-refractivity contribution in [1.82, 2.24) is 4.90 Å². The fourth-order valence-corrected chi connectivity index (χ4v) is 7.02. The maximum Gasteiger partial charge on any atom is 0.312 e. The van der Waals surface area contributed by atoms with Gasteiger partial charge in [0.05, 0.1) is 41.5 Å². The second-order valence-corrected chi connectivity index (χ2v) is 11.5. The number of benzene rings is 1. The molecule has 1 N–H and O–H groups in total. The number of carbonyl (C=O) groups is 3. The molecule has 3 heterocycles. The summed E-state index contributed by atoms with van der Waals surface area (Å²) in [5, 5.41) is 10.5. The van der Waals surface area contributed by atoms with Gasteiger partial charge in [-0.25, -0.2) is 0 Å². The van der Waals surface area contributed by atoms with E-state index >= 15 is 0 Å². The van der Waals surface area contributed by atoms with Crippen LogP contribution in [0.4, 0.5) is 5.69 Å². The predicted molar refractivity (Wildman–Crippen MR) is 149 cm³/mol. The third-order valence-electron chi connectivity index (χ3n) is 8.75. The number of nitrogens with zero attached hydrogens (tertiary/aromatic N) is 2. The molecular formula is C30H39ClN2O6. The molecule has 4 rings (SSSR count). The zero-order valence-corrected chi connectivity index (χ0v) is 23.7. The Balaban J connectivity index is 1.76. The largest absolute Gasteiger partial charge is 0.465 e. The quantitative estimate of drug-likeness (QED) is 0.235. The molecule has 39 heavy (non-hydrogen) atoms. The monoisotopic (exact) mass is 558 g/mol. The fraction of sp³-hybridized carbons (Fsp3) is 0.567. The Morgan fingerprint density at radius 1 is 1.31 bits per heavy atom. The Hall–Kier alpha value is -2.68. The molecule has 2 bridgehead atoms. The van der Waals surface area contributed by atoms with Gasteiger partial charge >= 0.3 is 5.97 Å². The highest BCUT2D eigenvalue weighted by atomic mass is 35.5. The highest BCUT2D eigenvalue weighted by Crippen LogP contribution is 2.65.